The van der Waals surface area contributed by atoms with Crippen molar-refractivity contribution in [2.24, 2.45) is 5.41 Å². The van der Waals surface area contributed by atoms with Gasteiger partial charge in [0, 0.05) is 11.4 Å². The number of carboxylic acids is 1. The van der Waals surface area contributed by atoms with Crippen LogP contribution in [0.4, 0.5) is 0 Å². The molecule has 0 unspecified atom stereocenters. The first kappa shape index (κ1) is 15.0. The first-order valence-electron chi connectivity index (χ1n) is 4.28. The summed E-state index contributed by atoms with van der Waals surface area (Å²) in [4.78, 5) is 10.7. The van der Waals surface area contributed by atoms with Gasteiger partial charge < -0.3 is 9.90 Å². The van der Waals surface area contributed by atoms with E-state index in [4.69, 9.17) is 0 Å². The van der Waals surface area contributed by atoms with Gasteiger partial charge in [0.05, 0.1) is 0 Å². The zero-order valence-corrected chi connectivity index (χ0v) is 10.6. The molecule has 0 amide bonds. The van der Waals surface area contributed by atoms with Crippen molar-refractivity contribution in [3.8, 4) is 0 Å². The zero-order valence-electron chi connectivity index (χ0n) is 8.64. The summed E-state index contributed by atoms with van der Waals surface area (Å²) in [6.45, 7) is 5.77. The molecule has 0 rings (SSSR count). The van der Waals surface area contributed by atoms with Crippen molar-refractivity contribution in [2.45, 2.75) is 46.5 Å². The molecule has 2 nitrogen and oxygen atoms in total. The molecule has 0 atom stereocenters. The summed E-state index contributed by atoms with van der Waals surface area (Å²) < 4.78 is 0. The maximum atomic E-state index is 10.7. The summed E-state index contributed by atoms with van der Waals surface area (Å²) in [6, 6.07) is 0. The molecule has 0 fully saturated rings. The average Bonchev–Trinajstić information content (AvgIpc) is 1.88. The Bertz CT molecular complexity index is 128. The fourth-order valence-electron chi connectivity index (χ4n) is 1.43. The SMILES string of the molecule is CCCC(C)(CCC)C(=O)[O-].[Na+]. The van der Waals surface area contributed by atoms with Crippen LogP contribution in [0, 0.1) is 5.41 Å². The first-order chi connectivity index (χ1) is 5.06. The normalized spacial score (nSPS) is 10.6. The molecule has 0 aliphatic rings. The fourth-order valence-corrected chi connectivity index (χ4v) is 1.43. The second kappa shape index (κ2) is 6.93. The number of carbonyl (C=O) groups excluding carboxylic acids is 1. The van der Waals surface area contributed by atoms with Crippen LogP contribution in [0.1, 0.15) is 46.5 Å². The van der Waals surface area contributed by atoms with E-state index in [1.54, 1.807) is 6.92 Å². The molecule has 66 valence electrons. The van der Waals surface area contributed by atoms with E-state index >= 15 is 0 Å². The third kappa shape index (κ3) is 4.48. The Morgan fingerprint density at radius 3 is 1.75 bits per heavy atom. The molecule has 12 heavy (non-hydrogen) atoms. The number of hydrogen-bond acceptors (Lipinski definition) is 2. The van der Waals surface area contributed by atoms with Crippen molar-refractivity contribution in [1.82, 2.24) is 0 Å². The molecular weight excluding hydrogens is 163 g/mol. The topological polar surface area (TPSA) is 40.1 Å². The third-order valence-electron chi connectivity index (χ3n) is 2.10. The Labute approximate surface area is 97.0 Å². The summed E-state index contributed by atoms with van der Waals surface area (Å²) in [6.07, 6.45) is 3.27. The van der Waals surface area contributed by atoms with E-state index in [1.807, 2.05) is 13.8 Å². The second-order valence-electron chi connectivity index (χ2n) is 3.35. The Morgan fingerprint density at radius 1 is 1.25 bits per heavy atom. The van der Waals surface area contributed by atoms with E-state index in [0.29, 0.717) is 0 Å². The quantitative estimate of drug-likeness (QED) is 0.475. The molecule has 0 saturated heterocycles. The Morgan fingerprint density at radius 2 is 1.58 bits per heavy atom. The van der Waals surface area contributed by atoms with Gasteiger partial charge in [0.1, 0.15) is 0 Å². The second-order valence-corrected chi connectivity index (χ2v) is 3.35. The van der Waals surface area contributed by atoms with E-state index < -0.39 is 11.4 Å². The summed E-state index contributed by atoms with van der Waals surface area (Å²) in [5.74, 6) is -0.902. The van der Waals surface area contributed by atoms with Crippen LogP contribution in [0.2, 0.25) is 0 Å². The number of rotatable bonds is 5. The molecule has 0 aromatic carbocycles. The molecular formula is C9H17NaO2. The third-order valence-corrected chi connectivity index (χ3v) is 2.10. The van der Waals surface area contributed by atoms with Crippen molar-refractivity contribution in [2.75, 3.05) is 0 Å². The fraction of sp³-hybridized carbons (Fsp3) is 0.889. The van der Waals surface area contributed by atoms with Gasteiger partial charge in [-0.2, -0.15) is 0 Å². The molecule has 0 radical (unpaired) electrons. The van der Waals surface area contributed by atoms with Crippen LogP contribution in [0.5, 0.6) is 0 Å². The molecule has 0 aromatic heterocycles. The van der Waals surface area contributed by atoms with Crippen LogP contribution in [0.3, 0.4) is 0 Å². The first-order valence-corrected chi connectivity index (χ1v) is 4.28. The van der Waals surface area contributed by atoms with Crippen LogP contribution in [-0.2, 0) is 4.79 Å². The van der Waals surface area contributed by atoms with Gasteiger partial charge in [0.2, 0.25) is 0 Å². The van der Waals surface area contributed by atoms with Gasteiger partial charge in [0.25, 0.3) is 0 Å². The molecule has 0 aliphatic carbocycles. The van der Waals surface area contributed by atoms with Crippen LogP contribution < -0.4 is 34.7 Å². The minimum Gasteiger partial charge on any atom is -0.550 e. The van der Waals surface area contributed by atoms with Gasteiger partial charge in [-0.15, -0.1) is 0 Å². The average molecular weight is 180 g/mol. The van der Waals surface area contributed by atoms with Crippen molar-refractivity contribution in [3.63, 3.8) is 0 Å². The van der Waals surface area contributed by atoms with Gasteiger partial charge in [0.15, 0.2) is 0 Å². The molecule has 3 heteroatoms. The van der Waals surface area contributed by atoms with Crippen molar-refractivity contribution in [3.05, 3.63) is 0 Å². The number of aliphatic carboxylic acids is 1. The predicted octanol–water partition coefficient (Wildman–Crippen LogP) is -1.65. The van der Waals surface area contributed by atoms with Gasteiger partial charge in [-0.3, -0.25) is 0 Å². The molecule has 0 spiro atoms. The summed E-state index contributed by atoms with van der Waals surface area (Å²) in [5, 5.41) is 10.7. The van der Waals surface area contributed by atoms with Gasteiger partial charge in [-0.05, 0) is 12.8 Å². The van der Waals surface area contributed by atoms with E-state index in [0.717, 1.165) is 25.7 Å². The van der Waals surface area contributed by atoms with E-state index in [2.05, 4.69) is 0 Å². The predicted molar refractivity (Wildman–Crippen MR) is 42.9 cm³/mol. The minimum absolute atomic E-state index is 0. The molecule has 0 aromatic rings. The zero-order chi connectivity index (χ0) is 8.91. The van der Waals surface area contributed by atoms with Crippen LogP contribution in [0.15, 0.2) is 0 Å². The Kier molecular flexibility index (Phi) is 8.64. The van der Waals surface area contributed by atoms with Gasteiger partial charge >= 0.3 is 29.6 Å². The summed E-state index contributed by atoms with van der Waals surface area (Å²) in [7, 11) is 0. The Balaban J connectivity index is 0. The number of carboxylic acid groups (broad SMARTS) is 1. The monoisotopic (exact) mass is 180 g/mol. The van der Waals surface area contributed by atoms with E-state index in [9.17, 15) is 9.90 Å². The summed E-state index contributed by atoms with van der Waals surface area (Å²) in [5.41, 5.74) is -0.594. The minimum atomic E-state index is -0.902. The van der Waals surface area contributed by atoms with Crippen LogP contribution in [0.25, 0.3) is 0 Å². The van der Waals surface area contributed by atoms with Crippen molar-refractivity contribution < 1.29 is 39.5 Å². The van der Waals surface area contributed by atoms with Crippen LogP contribution >= 0.6 is 0 Å². The van der Waals surface area contributed by atoms with Crippen molar-refractivity contribution in [1.29, 1.82) is 0 Å². The van der Waals surface area contributed by atoms with Crippen molar-refractivity contribution >= 4 is 5.97 Å². The number of carbonyl (C=O) groups is 1. The number of hydrogen-bond donors (Lipinski definition) is 0. The van der Waals surface area contributed by atoms with E-state index in [1.165, 1.54) is 0 Å². The van der Waals surface area contributed by atoms with E-state index in [-0.39, 0.29) is 29.6 Å². The maximum absolute atomic E-state index is 10.7. The molecule has 0 aliphatic heterocycles. The summed E-state index contributed by atoms with van der Waals surface area (Å²) >= 11 is 0. The smallest absolute Gasteiger partial charge is 0.550 e. The molecule has 0 saturated carbocycles. The standard InChI is InChI=1S/C9H18O2.Na/c1-4-6-9(3,7-5-2)8(10)11;/h4-7H2,1-3H3,(H,10,11);/q;+1/p-1. The Hall–Kier alpha value is 0.470. The maximum Gasteiger partial charge on any atom is 1.00 e. The van der Waals surface area contributed by atoms with Crippen LogP contribution in [-0.4, -0.2) is 5.97 Å². The largest absolute Gasteiger partial charge is 1.00 e. The molecule has 0 heterocycles. The molecule has 0 bridgehead atoms. The van der Waals surface area contributed by atoms with Gasteiger partial charge in [-0.25, -0.2) is 0 Å². The van der Waals surface area contributed by atoms with Gasteiger partial charge in [-0.1, -0.05) is 33.6 Å². The molecule has 0 N–H and O–H groups in total.